The summed E-state index contributed by atoms with van der Waals surface area (Å²) < 4.78 is 0. The minimum atomic E-state index is -0.688. The second kappa shape index (κ2) is 9.88. The predicted molar refractivity (Wildman–Crippen MR) is 134 cm³/mol. The van der Waals surface area contributed by atoms with Gasteiger partial charge in [-0.25, -0.2) is 0 Å². The number of phenolic OH excluding ortho intramolecular Hbond substituents is 2. The van der Waals surface area contributed by atoms with Crippen molar-refractivity contribution in [2.24, 2.45) is 11.8 Å². The third-order valence-corrected chi connectivity index (χ3v) is 7.18. The molecule has 0 spiro atoms. The molecule has 1 aliphatic carbocycles. The molecule has 4 aromatic rings. The van der Waals surface area contributed by atoms with Crippen molar-refractivity contribution in [3.8, 4) is 11.5 Å². The molecule has 3 N–H and O–H groups in total. The first-order valence-corrected chi connectivity index (χ1v) is 12.1. The van der Waals surface area contributed by atoms with E-state index in [4.69, 9.17) is 0 Å². The lowest BCUT2D eigenvalue weighted by molar-refractivity contribution is -0.143. The molecule has 0 aliphatic heterocycles. The van der Waals surface area contributed by atoms with Crippen LogP contribution < -0.4 is 0 Å². The Labute approximate surface area is 203 Å². The average molecular weight is 472 g/mol. The molecule has 2 aromatic carbocycles. The molecule has 0 saturated heterocycles. The number of carboxylic acids is 1. The standard InChI is InChI=1S/C28H29N3O4/c32-24-11-9-20(22-3-1-13-29-26(22)24)16-31(15-18-5-7-19(8-6-18)28(34)35)17-21-10-12-25(33)27-23(21)4-2-14-30-27/h1-4,9-14,18-19,32-33H,5-8,15-17H2,(H,34,35). The number of benzene rings is 2. The fourth-order valence-electron chi connectivity index (χ4n) is 5.33. The van der Waals surface area contributed by atoms with Gasteiger partial charge in [0.2, 0.25) is 0 Å². The third-order valence-electron chi connectivity index (χ3n) is 7.18. The van der Waals surface area contributed by atoms with Crippen molar-refractivity contribution in [2.75, 3.05) is 6.54 Å². The van der Waals surface area contributed by atoms with E-state index in [1.807, 2.05) is 36.4 Å². The molecule has 0 amide bonds. The van der Waals surface area contributed by atoms with Gasteiger partial charge in [0.15, 0.2) is 0 Å². The highest BCUT2D eigenvalue weighted by Crippen LogP contribution is 2.33. The molecule has 1 fully saturated rings. The molecule has 0 bridgehead atoms. The number of rotatable bonds is 7. The SMILES string of the molecule is O=C(O)C1CCC(CN(Cc2ccc(O)c3ncccc23)Cc2ccc(O)c3ncccc23)CC1. The fraction of sp³-hybridized carbons (Fsp3) is 0.321. The second-order valence-electron chi connectivity index (χ2n) is 9.51. The van der Waals surface area contributed by atoms with Crippen LogP contribution in [0.15, 0.2) is 60.9 Å². The Morgan fingerprint density at radius 1 is 0.800 bits per heavy atom. The number of hydrogen-bond donors (Lipinski definition) is 3. The largest absolute Gasteiger partial charge is 0.506 e. The molecule has 2 heterocycles. The Balaban J connectivity index is 1.45. The van der Waals surface area contributed by atoms with Crippen LogP contribution in [0.1, 0.15) is 36.8 Å². The van der Waals surface area contributed by atoms with E-state index in [2.05, 4.69) is 14.9 Å². The smallest absolute Gasteiger partial charge is 0.306 e. The lowest BCUT2D eigenvalue weighted by Crippen LogP contribution is -2.32. The monoisotopic (exact) mass is 471 g/mol. The van der Waals surface area contributed by atoms with Gasteiger partial charge in [-0.15, -0.1) is 0 Å². The van der Waals surface area contributed by atoms with Crippen molar-refractivity contribution in [1.29, 1.82) is 0 Å². The summed E-state index contributed by atoms with van der Waals surface area (Å²) in [6.07, 6.45) is 6.57. The van der Waals surface area contributed by atoms with Crippen molar-refractivity contribution >= 4 is 27.8 Å². The fourth-order valence-corrected chi connectivity index (χ4v) is 5.33. The van der Waals surface area contributed by atoms with Gasteiger partial charge in [0, 0.05) is 42.8 Å². The minimum Gasteiger partial charge on any atom is -0.506 e. The van der Waals surface area contributed by atoms with Crippen LogP contribution in [0.25, 0.3) is 21.8 Å². The van der Waals surface area contributed by atoms with Crippen molar-refractivity contribution in [3.05, 3.63) is 72.1 Å². The van der Waals surface area contributed by atoms with Gasteiger partial charge in [0.1, 0.15) is 22.5 Å². The predicted octanol–water partition coefficient (Wildman–Crippen LogP) is 5.09. The van der Waals surface area contributed by atoms with E-state index in [1.54, 1.807) is 24.5 Å². The number of fused-ring (bicyclic) bond motifs is 2. The van der Waals surface area contributed by atoms with Gasteiger partial charge in [-0.3, -0.25) is 19.7 Å². The molecule has 5 rings (SSSR count). The van der Waals surface area contributed by atoms with Gasteiger partial charge in [0.25, 0.3) is 0 Å². The number of aromatic hydroxyl groups is 2. The normalized spacial score (nSPS) is 18.3. The molecule has 180 valence electrons. The number of phenols is 2. The molecule has 35 heavy (non-hydrogen) atoms. The van der Waals surface area contributed by atoms with Gasteiger partial charge in [-0.2, -0.15) is 0 Å². The van der Waals surface area contributed by atoms with Gasteiger partial charge in [-0.05, 0) is 67.0 Å². The number of hydrogen-bond acceptors (Lipinski definition) is 6. The maximum Gasteiger partial charge on any atom is 0.306 e. The van der Waals surface area contributed by atoms with Crippen LogP contribution in [0, 0.1) is 11.8 Å². The van der Waals surface area contributed by atoms with E-state index >= 15 is 0 Å². The number of aromatic nitrogens is 2. The Morgan fingerprint density at radius 2 is 1.31 bits per heavy atom. The van der Waals surface area contributed by atoms with E-state index in [0.717, 1.165) is 41.3 Å². The topological polar surface area (TPSA) is 107 Å². The highest BCUT2D eigenvalue weighted by atomic mass is 16.4. The van der Waals surface area contributed by atoms with Crippen molar-refractivity contribution in [3.63, 3.8) is 0 Å². The summed E-state index contributed by atoms with van der Waals surface area (Å²) in [4.78, 5) is 22.5. The molecule has 7 heteroatoms. The number of pyridine rings is 2. The van der Waals surface area contributed by atoms with E-state index in [1.165, 1.54) is 0 Å². The van der Waals surface area contributed by atoms with Crippen molar-refractivity contribution < 1.29 is 20.1 Å². The Bertz CT molecular complexity index is 1280. The number of aliphatic carboxylic acids is 1. The van der Waals surface area contributed by atoms with E-state index < -0.39 is 5.97 Å². The second-order valence-corrected chi connectivity index (χ2v) is 9.51. The van der Waals surface area contributed by atoms with E-state index in [-0.39, 0.29) is 17.4 Å². The van der Waals surface area contributed by atoms with E-state index in [9.17, 15) is 20.1 Å². The maximum atomic E-state index is 11.4. The van der Waals surface area contributed by atoms with Crippen molar-refractivity contribution in [1.82, 2.24) is 14.9 Å². The minimum absolute atomic E-state index is 0.165. The summed E-state index contributed by atoms with van der Waals surface area (Å²) in [6, 6.07) is 15.0. The summed E-state index contributed by atoms with van der Waals surface area (Å²) in [7, 11) is 0. The number of carboxylic acid groups (broad SMARTS) is 1. The van der Waals surface area contributed by atoms with Gasteiger partial charge >= 0.3 is 5.97 Å². The van der Waals surface area contributed by atoms with Crippen LogP contribution in [0.5, 0.6) is 11.5 Å². The summed E-state index contributed by atoms with van der Waals surface area (Å²) in [6.45, 7) is 2.14. The Kier molecular flexibility index (Phi) is 6.51. The molecular formula is C28H29N3O4. The molecule has 0 unspecified atom stereocenters. The molecule has 7 nitrogen and oxygen atoms in total. The molecular weight excluding hydrogens is 442 g/mol. The maximum absolute atomic E-state index is 11.4. The zero-order valence-corrected chi connectivity index (χ0v) is 19.5. The third kappa shape index (κ3) is 4.91. The van der Waals surface area contributed by atoms with Crippen molar-refractivity contribution in [2.45, 2.75) is 38.8 Å². The molecule has 0 atom stereocenters. The van der Waals surface area contributed by atoms with Crippen LogP contribution in [0.4, 0.5) is 0 Å². The van der Waals surface area contributed by atoms with Crippen LogP contribution in [0.2, 0.25) is 0 Å². The first-order valence-electron chi connectivity index (χ1n) is 12.1. The summed E-state index contributed by atoms with van der Waals surface area (Å²) >= 11 is 0. The summed E-state index contributed by atoms with van der Waals surface area (Å²) in [5.41, 5.74) is 3.33. The lowest BCUT2D eigenvalue weighted by Gasteiger charge is -2.32. The zero-order chi connectivity index (χ0) is 24.4. The zero-order valence-electron chi connectivity index (χ0n) is 19.5. The van der Waals surface area contributed by atoms with Gasteiger partial charge < -0.3 is 15.3 Å². The molecule has 1 saturated carbocycles. The number of carbonyl (C=O) groups is 1. The Hall–Kier alpha value is -3.71. The highest BCUT2D eigenvalue weighted by molar-refractivity contribution is 5.88. The van der Waals surface area contributed by atoms with Crippen LogP contribution >= 0.6 is 0 Å². The summed E-state index contributed by atoms with van der Waals surface area (Å²) in [5, 5.41) is 31.8. The number of nitrogens with zero attached hydrogens (tertiary/aromatic N) is 3. The Morgan fingerprint density at radius 3 is 1.80 bits per heavy atom. The highest BCUT2D eigenvalue weighted by Gasteiger charge is 2.27. The average Bonchev–Trinajstić information content (AvgIpc) is 2.88. The first kappa shape index (κ1) is 23.1. The van der Waals surface area contributed by atoms with Crippen LogP contribution in [-0.4, -0.2) is 42.7 Å². The van der Waals surface area contributed by atoms with Gasteiger partial charge in [0.05, 0.1) is 5.92 Å². The summed E-state index contributed by atoms with van der Waals surface area (Å²) in [5.74, 6) is -0.184. The molecule has 2 aromatic heterocycles. The molecule has 1 aliphatic rings. The molecule has 0 radical (unpaired) electrons. The lowest BCUT2D eigenvalue weighted by atomic mass is 9.81. The van der Waals surface area contributed by atoms with Crippen LogP contribution in [0.3, 0.4) is 0 Å². The van der Waals surface area contributed by atoms with Crippen LogP contribution in [-0.2, 0) is 17.9 Å². The van der Waals surface area contributed by atoms with Gasteiger partial charge in [-0.1, -0.05) is 24.3 Å². The van der Waals surface area contributed by atoms with E-state index in [0.29, 0.717) is 42.9 Å². The quantitative estimate of drug-likeness (QED) is 0.345. The first-order chi connectivity index (χ1) is 17.0.